The number of benzene rings is 2. The smallest absolute Gasteiger partial charge is 0.261 e. The minimum Gasteiger partial charge on any atom is -0.383 e. The van der Waals surface area contributed by atoms with Crippen molar-refractivity contribution in [1.29, 1.82) is 0 Å². The normalized spacial score (nSPS) is 13.1. The highest BCUT2D eigenvalue weighted by Gasteiger charge is 2.32. The summed E-state index contributed by atoms with van der Waals surface area (Å²) in [4.78, 5) is 29.3. The summed E-state index contributed by atoms with van der Waals surface area (Å²) < 4.78 is 0. The first kappa shape index (κ1) is 23.0. The fraction of sp³-hybridized carbons (Fsp3) is 0.435. The highest BCUT2D eigenvalue weighted by molar-refractivity contribution is 7.80. The minimum atomic E-state index is -0.229. The van der Waals surface area contributed by atoms with Crippen LogP contribution in [-0.2, 0) is 0 Å². The average molecular weight is 442 g/mol. The molecule has 1 heterocycles. The fourth-order valence-electron chi connectivity index (χ4n) is 3.62. The lowest BCUT2D eigenvalue weighted by atomic mass is 9.93. The van der Waals surface area contributed by atoms with Gasteiger partial charge >= 0.3 is 0 Å². The van der Waals surface area contributed by atoms with Crippen molar-refractivity contribution in [2.24, 2.45) is 0 Å². The van der Waals surface area contributed by atoms with Crippen molar-refractivity contribution in [1.82, 2.24) is 20.4 Å². The Kier molecular flexibility index (Phi) is 7.81. The van der Waals surface area contributed by atoms with Crippen LogP contribution in [0.5, 0.6) is 0 Å². The van der Waals surface area contributed by atoms with Crippen molar-refractivity contribution in [3.63, 3.8) is 0 Å². The number of hydrogen-bond donors (Lipinski definition) is 3. The summed E-state index contributed by atoms with van der Waals surface area (Å²) in [6.07, 6.45) is 2.21. The molecule has 3 N–H and O–H groups in total. The van der Waals surface area contributed by atoms with E-state index in [1.807, 2.05) is 43.3 Å². The number of carbonyl (C=O) groups excluding carboxylic acids is 2. The van der Waals surface area contributed by atoms with E-state index < -0.39 is 0 Å². The highest BCUT2D eigenvalue weighted by Crippen LogP contribution is 2.34. The molecule has 0 aromatic heterocycles. The van der Waals surface area contributed by atoms with Gasteiger partial charge in [-0.25, -0.2) is 0 Å². The van der Waals surface area contributed by atoms with Gasteiger partial charge in [0.25, 0.3) is 11.8 Å². The molecule has 0 atom stereocenters. The number of nitrogens with one attached hydrogen (secondary N) is 3. The predicted octanol–water partition coefficient (Wildman–Crippen LogP) is 2.67. The van der Waals surface area contributed by atoms with Gasteiger partial charge in [-0.15, -0.1) is 0 Å². The van der Waals surface area contributed by atoms with Crippen molar-refractivity contribution in [3.05, 3.63) is 41.5 Å². The Morgan fingerprint density at radius 1 is 1.00 bits per heavy atom. The van der Waals surface area contributed by atoms with Gasteiger partial charge in [0.05, 0.1) is 0 Å². The van der Waals surface area contributed by atoms with E-state index >= 15 is 0 Å². The number of carbonyl (C=O) groups is 2. The summed E-state index contributed by atoms with van der Waals surface area (Å²) in [7, 11) is 3.85. The maximum Gasteiger partial charge on any atom is 0.261 e. The average Bonchev–Trinajstić information content (AvgIpc) is 2.75. The van der Waals surface area contributed by atoms with E-state index in [2.05, 4.69) is 22.9 Å². The van der Waals surface area contributed by atoms with Crippen molar-refractivity contribution in [2.45, 2.75) is 19.8 Å². The SMILES string of the molecule is CCCCNC(=S)NCCNc1ccc2c3c(cccc13)C(=O)N(CCN(C)C)C2=O. The molecule has 0 spiro atoms. The van der Waals surface area contributed by atoms with Crippen LogP contribution in [0.3, 0.4) is 0 Å². The maximum absolute atomic E-state index is 13.0. The van der Waals surface area contributed by atoms with Gasteiger partial charge in [-0.1, -0.05) is 25.5 Å². The number of hydrogen-bond acceptors (Lipinski definition) is 5. The van der Waals surface area contributed by atoms with E-state index in [9.17, 15) is 9.59 Å². The largest absolute Gasteiger partial charge is 0.383 e. The fourth-order valence-corrected chi connectivity index (χ4v) is 3.82. The molecule has 3 rings (SSSR count). The second kappa shape index (κ2) is 10.5. The lowest BCUT2D eigenvalue weighted by molar-refractivity contribution is 0.0601. The molecule has 1 aliphatic rings. The minimum absolute atomic E-state index is 0.229. The third-order valence-corrected chi connectivity index (χ3v) is 5.59. The molecule has 0 saturated heterocycles. The zero-order valence-electron chi connectivity index (χ0n) is 18.5. The Morgan fingerprint density at radius 3 is 2.42 bits per heavy atom. The standard InChI is InChI=1S/C23H31N5O2S/c1-4-5-11-25-23(31)26-13-12-24-19-10-9-18-20-16(19)7-6-8-17(20)21(29)28(22(18)30)15-14-27(2)3/h6-10,24H,4-5,11-15H2,1-3H3,(H2,25,26,31). The third kappa shape index (κ3) is 5.32. The zero-order valence-corrected chi connectivity index (χ0v) is 19.3. The van der Waals surface area contributed by atoms with E-state index in [0.717, 1.165) is 35.8 Å². The Morgan fingerprint density at radius 2 is 1.71 bits per heavy atom. The summed E-state index contributed by atoms with van der Waals surface area (Å²) in [5, 5.41) is 12.0. The van der Waals surface area contributed by atoms with Crippen LogP contribution >= 0.6 is 12.2 Å². The molecule has 2 aromatic carbocycles. The van der Waals surface area contributed by atoms with Crippen LogP contribution < -0.4 is 16.0 Å². The quantitative estimate of drug-likeness (QED) is 0.297. The molecular weight excluding hydrogens is 410 g/mol. The summed E-state index contributed by atoms with van der Waals surface area (Å²) in [5.74, 6) is -0.459. The van der Waals surface area contributed by atoms with Gasteiger partial charge in [0.2, 0.25) is 0 Å². The Labute approximate surface area is 189 Å². The Bertz CT molecular complexity index is 954. The van der Waals surface area contributed by atoms with Crippen molar-refractivity contribution in [2.75, 3.05) is 52.1 Å². The highest BCUT2D eigenvalue weighted by atomic mass is 32.1. The molecule has 31 heavy (non-hydrogen) atoms. The summed E-state index contributed by atoms with van der Waals surface area (Å²) in [6.45, 7) is 5.34. The van der Waals surface area contributed by atoms with Crippen LogP contribution in [0.25, 0.3) is 10.8 Å². The number of rotatable bonds is 10. The lowest BCUT2D eigenvalue weighted by Gasteiger charge is -2.28. The molecule has 0 unspecified atom stereocenters. The van der Waals surface area contributed by atoms with Gasteiger partial charge in [0.1, 0.15) is 0 Å². The summed E-state index contributed by atoms with van der Waals surface area (Å²) in [5.41, 5.74) is 2.05. The van der Waals surface area contributed by atoms with Crippen LogP contribution in [0.4, 0.5) is 5.69 Å². The lowest BCUT2D eigenvalue weighted by Crippen LogP contribution is -2.43. The van der Waals surface area contributed by atoms with Gasteiger partial charge in [-0.2, -0.15) is 0 Å². The molecule has 0 aliphatic carbocycles. The van der Waals surface area contributed by atoms with Crippen LogP contribution in [0.2, 0.25) is 0 Å². The molecule has 2 aromatic rings. The van der Waals surface area contributed by atoms with Crippen LogP contribution in [0.15, 0.2) is 30.3 Å². The molecule has 0 saturated carbocycles. The second-order valence-corrected chi connectivity index (χ2v) is 8.33. The van der Waals surface area contributed by atoms with Gasteiger partial charge in [-0.3, -0.25) is 14.5 Å². The molecule has 1 aliphatic heterocycles. The molecule has 0 bridgehead atoms. The number of likely N-dealkylation sites (N-methyl/N-ethyl adjacent to an activating group) is 1. The van der Waals surface area contributed by atoms with Crippen LogP contribution in [0, 0.1) is 0 Å². The summed E-state index contributed by atoms with van der Waals surface area (Å²) in [6, 6.07) is 9.35. The van der Waals surface area contributed by atoms with Crippen LogP contribution in [-0.4, -0.2) is 73.5 Å². The predicted molar refractivity (Wildman–Crippen MR) is 130 cm³/mol. The monoisotopic (exact) mass is 441 g/mol. The van der Waals surface area contributed by atoms with Crippen molar-refractivity contribution < 1.29 is 9.59 Å². The maximum atomic E-state index is 13.0. The van der Waals surface area contributed by atoms with Crippen molar-refractivity contribution in [3.8, 4) is 0 Å². The van der Waals surface area contributed by atoms with E-state index in [1.54, 1.807) is 6.07 Å². The van der Waals surface area contributed by atoms with Gasteiger partial charge in [0, 0.05) is 60.3 Å². The first-order valence-electron chi connectivity index (χ1n) is 10.8. The van der Waals surface area contributed by atoms with E-state index in [4.69, 9.17) is 12.2 Å². The Balaban J connectivity index is 1.72. The van der Waals surface area contributed by atoms with Gasteiger partial charge in [-0.05, 0) is 50.9 Å². The summed E-state index contributed by atoms with van der Waals surface area (Å²) >= 11 is 5.27. The molecular formula is C23H31N5O2S. The molecule has 8 heteroatoms. The molecule has 0 fully saturated rings. The zero-order chi connectivity index (χ0) is 22.4. The van der Waals surface area contributed by atoms with Gasteiger partial charge < -0.3 is 20.9 Å². The first-order valence-corrected chi connectivity index (χ1v) is 11.2. The number of nitrogens with zero attached hydrogens (tertiary/aromatic N) is 2. The van der Waals surface area contributed by atoms with E-state index in [1.165, 1.54) is 4.90 Å². The molecule has 166 valence electrons. The Hall–Kier alpha value is -2.71. The topological polar surface area (TPSA) is 76.7 Å². The first-order chi connectivity index (χ1) is 14.9. The number of anilines is 1. The number of thiocarbonyl (C=S) groups is 1. The van der Waals surface area contributed by atoms with Crippen LogP contribution in [0.1, 0.15) is 40.5 Å². The van der Waals surface area contributed by atoms with Gasteiger partial charge in [0.15, 0.2) is 5.11 Å². The molecule has 0 radical (unpaired) electrons. The molecule has 2 amide bonds. The third-order valence-electron chi connectivity index (χ3n) is 5.30. The van der Waals surface area contributed by atoms with E-state index in [-0.39, 0.29) is 11.8 Å². The second-order valence-electron chi connectivity index (χ2n) is 7.92. The number of amides is 2. The van der Waals surface area contributed by atoms with Crippen molar-refractivity contribution >= 4 is 45.6 Å². The molecule has 7 nitrogen and oxygen atoms in total. The number of unbranched alkanes of at least 4 members (excludes halogenated alkanes) is 1. The van der Waals surface area contributed by atoms with E-state index in [0.29, 0.717) is 42.4 Å². The number of imide groups is 1.